The van der Waals surface area contributed by atoms with E-state index in [2.05, 4.69) is 0 Å². The second kappa shape index (κ2) is 5.21. The lowest BCUT2D eigenvalue weighted by molar-refractivity contribution is -0.206. The Labute approximate surface area is 109 Å². The van der Waals surface area contributed by atoms with Gasteiger partial charge in [-0.25, -0.2) is 0 Å². The van der Waals surface area contributed by atoms with Crippen LogP contribution >= 0.6 is 0 Å². The number of aliphatic hydroxyl groups excluding tert-OH is 1. The molecule has 1 N–H and O–H groups in total. The van der Waals surface area contributed by atoms with Crippen molar-refractivity contribution in [1.29, 1.82) is 0 Å². The van der Waals surface area contributed by atoms with Crippen LogP contribution in [0.4, 0.5) is 13.2 Å². The van der Waals surface area contributed by atoms with E-state index in [1.165, 1.54) is 0 Å². The second-order valence-electron chi connectivity index (χ2n) is 4.55. The van der Waals surface area contributed by atoms with Gasteiger partial charge in [-0.1, -0.05) is 49.7 Å². The largest absolute Gasteiger partial charge is 0.418 e. The zero-order valence-electron chi connectivity index (χ0n) is 10.5. The topological polar surface area (TPSA) is 20.2 Å². The van der Waals surface area contributed by atoms with Crippen molar-refractivity contribution in [2.45, 2.75) is 32.0 Å². The minimum absolute atomic E-state index is 0.00699. The van der Waals surface area contributed by atoms with Crippen LogP contribution in [-0.4, -0.2) is 11.3 Å². The zero-order valence-corrected chi connectivity index (χ0v) is 10.5. The van der Waals surface area contributed by atoms with Crippen LogP contribution in [-0.2, 0) is 6.42 Å². The quantitative estimate of drug-likeness (QED) is 0.875. The van der Waals surface area contributed by atoms with Gasteiger partial charge < -0.3 is 5.11 Å². The molecule has 19 heavy (non-hydrogen) atoms. The number of aryl methyl sites for hydroxylation is 1. The highest BCUT2D eigenvalue weighted by atomic mass is 19.4. The summed E-state index contributed by atoms with van der Waals surface area (Å²) >= 11 is 0. The van der Waals surface area contributed by atoms with Crippen molar-refractivity contribution in [1.82, 2.24) is 0 Å². The third-order valence-electron chi connectivity index (χ3n) is 3.16. The molecule has 102 valence electrons. The van der Waals surface area contributed by atoms with Crippen molar-refractivity contribution in [3.8, 4) is 0 Å². The molecule has 0 amide bonds. The molecular formula is C15H15F3O. The highest BCUT2D eigenvalue weighted by Gasteiger charge is 2.41. The Hall–Kier alpha value is -1.55. The molecular weight excluding hydrogens is 253 g/mol. The number of aliphatic hydroxyl groups is 1. The van der Waals surface area contributed by atoms with Crippen LogP contribution in [0.15, 0.2) is 36.4 Å². The van der Waals surface area contributed by atoms with Gasteiger partial charge in [0.15, 0.2) is 6.10 Å². The van der Waals surface area contributed by atoms with E-state index in [0.29, 0.717) is 22.8 Å². The number of alkyl halides is 3. The molecule has 2 aromatic carbocycles. The van der Waals surface area contributed by atoms with Crippen LogP contribution in [0.2, 0.25) is 0 Å². The van der Waals surface area contributed by atoms with Crippen LogP contribution in [0.5, 0.6) is 0 Å². The molecule has 2 aromatic rings. The fraction of sp³-hybridized carbons (Fsp3) is 0.333. The van der Waals surface area contributed by atoms with Crippen molar-refractivity contribution in [3.63, 3.8) is 0 Å². The van der Waals surface area contributed by atoms with Gasteiger partial charge in [0, 0.05) is 5.56 Å². The predicted molar refractivity (Wildman–Crippen MR) is 69.0 cm³/mol. The molecule has 0 radical (unpaired) electrons. The fourth-order valence-electron chi connectivity index (χ4n) is 2.31. The summed E-state index contributed by atoms with van der Waals surface area (Å²) in [5, 5.41) is 10.8. The van der Waals surface area contributed by atoms with Gasteiger partial charge in [0.25, 0.3) is 0 Å². The first kappa shape index (κ1) is 13.9. The lowest BCUT2D eigenvalue weighted by Crippen LogP contribution is -2.21. The fourth-order valence-corrected chi connectivity index (χ4v) is 2.31. The van der Waals surface area contributed by atoms with Gasteiger partial charge in [0.1, 0.15) is 0 Å². The molecule has 1 atom stereocenters. The van der Waals surface area contributed by atoms with Gasteiger partial charge >= 0.3 is 6.18 Å². The number of rotatable bonds is 3. The summed E-state index contributed by atoms with van der Waals surface area (Å²) in [6.07, 6.45) is -5.82. The smallest absolute Gasteiger partial charge is 0.379 e. The third kappa shape index (κ3) is 2.73. The Morgan fingerprint density at radius 1 is 1.11 bits per heavy atom. The lowest BCUT2D eigenvalue weighted by Gasteiger charge is -2.20. The molecule has 1 nitrogen and oxygen atoms in total. The Balaban J connectivity index is 2.68. The number of benzene rings is 2. The molecule has 0 bridgehead atoms. The van der Waals surface area contributed by atoms with Gasteiger partial charge in [-0.3, -0.25) is 0 Å². The normalized spacial score (nSPS) is 13.7. The van der Waals surface area contributed by atoms with Crippen LogP contribution in [0.1, 0.15) is 30.6 Å². The molecule has 0 saturated heterocycles. The molecule has 0 saturated carbocycles. The van der Waals surface area contributed by atoms with Crippen LogP contribution in [0.3, 0.4) is 0 Å². The molecule has 0 spiro atoms. The number of fused-ring (bicyclic) bond motifs is 1. The number of hydrogen-bond donors (Lipinski definition) is 1. The van der Waals surface area contributed by atoms with Crippen molar-refractivity contribution in [2.75, 3.05) is 0 Å². The number of halogens is 3. The van der Waals surface area contributed by atoms with E-state index in [-0.39, 0.29) is 5.56 Å². The molecule has 2 rings (SSSR count). The first-order valence-electron chi connectivity index (χ1n) is 6.20. The van der Waals surface area contributed by atoms with Crippen molar-refractivity contribution in [2.24, 2.45) is 0 Å². The van der Waals surface area contributed by atoms with E-state index in [1.807, 2.05) is 6.92 Å². The van der Waals surface area contributed by atoms with E-state index in [9.17, 15) is 18.3 Å². The summed E-state index contributed by atoms with van der Waals surface area (Å²) in [5.74, 6) is 0. The van der Waals surface area contributed by atoms with E-state index < -0.39 is 12.3 Å². The van der Waals surface area contributed by atoms with Gasteiger partial charge in [0.2, 0.25) is 0 Å². The van der Waals surface area contributed by atoms with Crippen molar-refractivity contribution < 1.29 is 18.3 Å². The molecule has 0 aliphatic heterocycles. The number of hydrogen-bond acceptors (Lipinski definition) is 1. The van der Waals surface area contributed by atoms with Crippen molar-refractivity contribution in [3.05, 3.63) is 47.5 Å². The zero-order chi connectivity index (χ0) is 14.0. The maximum absolute atomic E-state index is 12.8. The van der Waals surface area contributed by atoms with E-state index >= 15 is 0 Å². The summed E-state index contributed by atoms with van der Waals surface area (Å²) < 4.78 is 38.5. The maximum atomic E-state index is 12.8. The third-order valence-corrected chi connectivity index (χ3v) is 3.16. The minimum Gasteiger partial charge on any atom is -0.379 e. The lowest BCUT2D eigenvalue weighted by atomic mass is 9.92. The van der Waals surface area contributed by atoms with E-state index in [0.717, 1.165) is 6.42 Å². The van der Waals surface area contributed by atoms with Gasteiger partial charge in [-0.2, -0.15) is 13.2 Å². The summed E-state index contributed by atoms with van der Waals surface area (Å²) in [6.45, 7) is 1.90. The highest BCUT2D eigenvalue weighted by molar-refractivity contribution is 5.87. The molecule has 0 aliphatic rings. The molecule has 0 fully saturated rings. The Morgan fingerprint density at radius 2 is 1.79 bits per heavy atom. The predicted octanol–water partition coefficient (Wildman–Crippen LogP) is 4.39. The van der Waals surface area contributed by atoms with E-state index in [1.54, 1.807) is 36.4 Å². The molecule has 0 aromatic heterocycles. The Kier molecular flexibility index (Phi) is 3.80. The first-order chi connectivity index (χ1) is 8.95. The highest BCUT2D eigenvalue weighted by Crippen LogP contribution is 2.38. The first-order valence-corrected chi connectivity index (χ1v) is 6.20. The van der Waals surface area contributed by atoms with Crippen LogP contribution in [0, 0.1) is 0 Å². The average molecular weight is 268 g/mol. The van der Waals surface area contributed by atoms with Gasteiger partial charge in [-0.15, -0.1) is 0 Å². The Bertz CT molecular complexity index is 575. The van der Waals surface area contributed by atoms with Crippen molar-refractivity contribution >= 4 is 10.8 Å². The molecule has 1 unspecified atom stereocenters. The molecule has 0 aliphatic carbocycles. The SMILES string of the molecule is CCCc1ccc2ccccc2c1C(O)C(F)(F)F. The van der Waals surface area contributed by atoms with Gasteiger partial charge in [-0.05, 0) is 22.8 Å². The summed E-state index contributed by atoms with van der Waals surface area (Å²) in [6, 6.07) is 10.3. The van der Waals surface area contributed by atoms with Crippen LogP contribution < -0.4 is 0 Å². The summed E-state index contributed by atoms with van der Waals surface area (Å²) in [4.78, 5) is 0. The standard InChI is InChI=1S/C15H15F3O/c1-2-5-11-9-8-10-6-3-4-7-12(10)13(11)14(19)15(16,17)18/h3-4,6-9,14,19H,2,5H2,1H3. The monoisotopic (exact) mass is 268 g/mol. The summed E-state index contributed by atoms with van der Waals surface area (Å²) in [7, 11) is 0. The average Bonchev–Trinajstić information content (AvgIpc) is 2.37. The maximum Gasteiger partial charge on any atom is 0.418 e. The Morgan fingerprint density at radius 3 is 2.42 bits per heavy atom. The van der Waals surface area contributed by atoms with Gasteiger partial charge in [0.05, 0.1) is 0 Å². The second-order valence-corrected chi connectivity index (χ2v) is 4.55. The molecule has 0 heterocycles. The van der Waals surface area contributed by atoms with Crippen LogP contribution in [0.25, 0.3) is 10.8 Å². The molecule has 4 heteroatoms. The summed E-state index contributed by atoms with van der Waals surface area (Å²) in [5.41, 5.74) is 0.554. The van der Waals surface area contributed by atoms with E-state index in [4.69, 9.17) is 0 Å². The minimum atomic E-state index is -4.65.